The summed E-state index contributed by atoms with van der Waals surface area (Å²) in [6.45, 7) is 0.107. The summed E-state index contributed by atoms with van der Waals surface area (Å²) in [5, 5.41) is 13.6. The molecule has 1 amide bonds. The largest absolute Gasteiger partial charge is 0.573 e. The van der Waals surface area contributed by atoms with Crippen molar-refractivity contribution in [3.05, 3.63) is 96.1 Å². The minimum atomic E-state index is -4.95. The lowest BCUT2D eigenvalue weighted by Crippen LogP contribution is -2.32. The monoisotopic (exact) mass is 599 g/mol. The molecule has 1 aliphatic rings. The van der Waals surface area contributed by atoms with Crippen molar-refractivity contribution in [1.29, 1.82) is 0 Å². The second-order valence-corrected chi connectivity index (χ2v) is 10.8. The van der Waals surface area contributed by atoms with Crippen molar-refractivity contribution >= 4 is 61.1 Å². The van der Waals surface area contributed by atoms with Gasteiger partial charge in [-0.3, -0.25) is 10.2 Å². The number of sulfonamides is 1. The normalized spacial score (nSPS) is 14.3. The maximum atomic E-state index is 13.6. The third-order valence-corrected chi connectivity index (χ3v) is 7.28. The number of ether oxygens (including phenoxy) is 1. The number of carbonyl (C=O) groups is 1. The fraction of sp³-hybridized carbons (Fsp3) is 0.0741. The molecule has 0 fully saturated rings. The maximum Gasteiger partial charge on any atom is 0.573 e. The van der Waals surface area contributed by atoms with Crippen molar-refractivity contribution in [2.24, 2.45) is 10.2 Å². The van der Waals surface area contributed by atoms with Crippen LogP contribution in [0.1, 0.15) is 11.1 Å². The number of halogens is 3. The van der Waals surface area contributed by atoms with Crippen molar-refractivity contribution in [3.63, 3.8) is 0 Å². The van der Waals surface area contributed by atoms with Gasteiger partial charge in [0.25, 0.3) is 5.91 Å². The number of nitrogens with two attached hydrogens (primary N) is 1. The maximum absolute atomic E-state index is 13.6. The van der Waals surface area contributed by atoms with Crippen LogP contribution in [0.3, 0.4) is 0 Å². The summed E-state index contributed by atoms with van der Waals surface area (Å²) in [7, 11) is -4.08. The first-order valence-electron chi connectivity index (χ1n) is 11.9. The summed E-state index contributed by atoms with van der Waals surface area (Å²) in [5.74, 6) is -1.14. The van der Waals surface area contributed by atoms with Gasteiger partial charge in [-0.15, -0.1) is 13.2 Å². The lowest BCUT2D eigenvalue weighted by Gasteiger charge is -2.18. The van der Waals surface area contributed by atoms with Gasteiger partial charge in [-0.2, -0.15) is 5.10 Å². The van der Waals surface area contributed by atoms with E-state index in [0.717, 1.165) is 28.5 Å². The molecule has 210 valence electrons. The number of alkyl halides is 3. The summed E-state index contributed by atoms with van der Waals surface area (Å²) in [6.07, 6.45) is -4.95. The van der Waals surface area contributed by atoms with Crippen molar-refractivity contribution < 1.29 is 31.1 Å². The summed E-state index contributed by atoms with van der Waals surface area (Å²) >= 11 is 5.21. The Hall–Kier alpha value is -4.53. The van der Waals surface area contributed by atoms with Crippen LogP contribution >= 0.6 is 12.2 Å². The highest BCUT2D eigenvalue weighted by Crippen LogP contribution is 2.36. The van der Waals surface area contributed by atoms with Crippen molar-refractivity contribution in [2.45, 2.75) is 17.8 Å². The highest BCUT2D eigenvalue weighted by Gasteiger charge is 2.37. The van der Waals surface area contributed by atoms with Gasteiger partial charge in [-0.25, -0.2) is 13.6 Å². The van der Waals surface area contributed by atoms with Crippen LogP contribution in [-0.4, -0.2) is 31.5 Å². The Bertz CT molecular complexity index is 1820. The van der Waals surface area contributed by atoms with Crippen LogP contribution in [0.5, 0.6) is 5.75 Å². The van der Waals surface area contributed by atoms with E-state index in [1.807, 2.05) is 42.5 Å². The van der Waals surface area contributed by atoms with Gasteiger partial charge in [0.15, 0.2) is 10.8 Å². The van der Waals surface area contributed by atoms with Crippen LogP contribution in [0.15, 0.2) is 94.9 Å². The number of amides is 1. The van der Waals surface area contributed by atoms with Crippen LogP contribution in [-0.2, 0) is 21.4 Å². The van der Waals surface area contributed by atoms with Crippen molar-refractivity contribution in [3.8, 4) is 5.75 Å². The highest BCUT2D eigenvalue weighted by molar-refractivity contribution is 7.89. The molecule has 1 aliphatic heterocycles. The fourth-order valence-corrected chi connectivity index (χ4v) is 5.28. The molecular weight excluding hydrogens is 579 g/mol. The molecule has 0 unspecified atom stereocenters. The Kier molecular flexibility index (Phi) is 7.38. The molecule has 0 aliphatic carbocycles. The zero-order valence-corrected chi connectivity index (χ0v) is 22.5. The molecule has 4 aromatic carbocycles. The first-order chi connectivity index (χ1) is 19.4. The number of carbonyl (C=O) groups excluding carboxylic acids is 1. The van der Waals surface area contributed by atoms with Crippen LogP contribution < -0.4 is 25.5 Å². The standard InChI is InChI=1S/C27H20F3N5O4S2/c28-27(29,30)39-18-12-13-22-20(14-18)24(33-34-26(40)32-21-10-3-4-11-23(21)41(31,37)38)25(36)35(22)15-17-8-5-7-16-6-1-2-9-19(16)17/h1-14H,15H2,(H2,31,37,38)(H2,32,34,40). The first-order valence-corrected chi connectivity index (χ1v) is 13.8. The molecule has 0 atom stereocenters. The molecule has 4 aromatic rings. The molecule has 5 rings (SSSR count). The quantitative estimate of drug-likeness (QED) is 0.218. The Morgan fingerprint density at radius 1 is 1.00 bits per heavy atom. The number of rotatable bonds is 6. The molecule has 9 nitrogen and oxygen atoms in total. The lowest BCUT2D eigenvalue weighted by atomic mass is 10.0. The molecule has 41 heavy (non-hydrogen) atoms. The zero-order chi connectivity index (χ0) is 29.4. The van der Waals surface area contributed by atoms with Crippen LogP contribution in [0, 0.1) is 0 Å². The summed E-state index contributed by atoms with van der Waals surface area (Å²) in [5.41, 5.74) is 3.51. The molecule has 14 heteroatoms. The van der Waals surface area contributed by atoms with Crippen LogP contribution in [0.4, 0.5) is 24.5 Å². The van der Waals surface area contributed by atoms with Gasteiger partial charge in [0.05, 0.1) is 17.9 Å². The predicted molar refractivity (Wildman–Crippen MR) is 152 cm³/mol. The van der Waals surface area contributed by atoms with Gasteiger partial charge in [0.1, 0.15) is 10.6 Å². The SMILES string of the molecule is NS(=O)(=O)c1ccccc1NC(=S)NN=C1C(=O)N(Cc2cccc3ccccc23)c2ccc(OC(F)(F)F)cc21. The number of nitrogens with one attached hydrogen (secondary N) is 2. The summed E-state index contributed by atoms with van der Waals surface area (Å²) in [4.78, 5) is 14.8. The Morgan fingerprint density at radius 3 is 2.46 bits per heavy atom. The van der Waals surface area contributed by atoms with Gasteiger partial charge in [0, 0.05) is 5.56 Å². The Labute approximate surface area is 237 Å². The van der Waals surface area contributed by atoms with E-state index in [1.165, 1.54) is 29.2 Å². The van der Waals surface area contributed by atoms with E-state index in [0.29, 0.717) is 5.69 Å². The number of thiocarbonyl (C=S) groups is 1. The van der Waals surface area contributed by atoms with Crippen LogP contribution in [0.2, 0.25) is 0 Å². The smallest absolute Gasteiger partial charge is 0.406 e. The number of anilines is 2. The topological polar surface area (TPSA) is 126 Å². The van der Waals surface area contributed by atoms with Gasteiger partial charge >= 0.3 is 6.36 Å². The van der Waals surface area contributed by atoms with Crippen molar-refractivity contribution in [1.82, 2.24) is 5.43 Å². The third kappa shape index (κ3) is 6.14. The van der Waals surface area contributed by atoms with Crippen molar-refractivity contribution in [2.75, 3.05) is 10.2 Å². The first kappa shape index (κ1) is 28.0. The molecule has 0 radical (unpaired) electrons. The molecule has 0 saturated heterocycles. The number of hydrazone groups is 1. The number of benzene rings is 4. The molecule has 4 N–H and O–H groups in total. The molecule has 0 aromatic heterocycles. The minimum Gasteiger partial charge on any atom is -0.406 e. The average Bonchev–Trinajstić information content (AvgIpc) is 3.16. The van der Waals surface area contributed by atoms with E-state index < -0.39 is 28.0 Å². The van der Waals surface area contributed by atoms with E-state index in [1.54, 1.807) is 6.07 Å². The van der Waals surface area contributed by atoms with Gasteiger partial charge in [-0.1, -0.05) is 54.6 Å². The molecular formula is C27H20F3N5O4S2. The number of para-hydroxylation sites is 1. The lowest BCUT2D eigenvalue weighted by molar-refractivity contribution is -0.274. The second-order valence-electron chi connectivity index (χ2n) is 8.82. The third-order valence-electron chi connectivity index (χ3n) is 6.11. The number of nitrogens with zero attached hydrogens (tertiary/aromatic N) is 2. The fourth-order valence-electron chi connectivity index (χ4n) is 4.43. The van der Waals surface area contributed by atoms with E-state index in [9.17, 15) is 26.4 Å². The molecule has 0 saturated carbocycles. The van der Waals surface area contributed by atoms with Gasteiger partial charge in [-0.05, 0) is 58.9 Å². The zero-order valence-electron chi connectivity index (χ0n) is 20.8. The summed E-state index contributed by atoms with van der Waals surface area (Å²) in [6, 6.07) is 22.5. The van der Waals surface area contributed by atoms with Gasteiger partial charge < -0.3 is 15.0 Å². The highest BCUT2D eigenvalue weighted by atomic mass is 32.2. The average molecular weight is 600 g/mol. The number of hydrogen-bond donors (Lipinski definition) is 3. The molecule has 0 bridgehead atoms. The van der Waals surface area contributed by atoms with E-state index in [4.69, 9.17) is 17.4 Å². The summed E-state index contributed by atoms with van der Waals surface area (Å²) < 4.78 is 66.6. The second kappa shape index (κ2) is 10.8. The Morgan fingerprint density at radius 2 is 1.71 bits per heavy atom. The number of hydrogen-bond acceptors (Lipinski definition) is 6. The van der Waals surface area contributed by atoms with Gasteiger partial charge in [0.2, 0.25) is 10.0 Å². The van der Waals surface area contributed by atoms with E-state index in [-0.39, 0.29) is 33.5 Å². The van der Waals surface area contributed by atoms with E-state index >= 15 is 0 Å². The van der Waals surface area contributed by atoms with Crippen LogP contribution in [0.25, 0.3) is 10.8 Å². The Balaban J connectivity index is 1.48. The number of primary sulfonamides is 1. The minimum absolute atomic E-state index is 0.0595. The molecule has 0 spiro atoms. The van der Waals surface area contributed by atoms with E-state index in [2.05, 4.69) is 20.6 Å². The predicted octanol–water partition coefficient (Wildman–Crippen LogP) is 4.62. The number of fused-ring (bicyclic) bond motifs is 2. The molecule has 1 heterocycles.